The molecule has 3 N–H and O–H groups in total. The van der Waals surface area contributed by atoms with E-state index < -0.39 is 10.0 Å². The summed E-state index contributed by atoms with van der Waals surface area (Å²) in [7, 11) is -3.88. The van der Waals surface area contributed by atoms with Gasteiger partial charge in [-0.3, -0.25) is 4.79 Å². The first-order chi connectivity index (χ1) is 9.38. The van der Waals surface area contributed by atoms with Crippen LogP contribution < -0.4 is 10.5 Å². The fourth-order valence-electron chi connectivity index (χ4n) is 1.72. The summed E-state index contributed by atoms with van der Waals surface area (Å²) in [6, 6.07) is 13.0. The van der Waals surface area contributed by atoms with Gasteiger partial charge in [-0.25, -0.2) is 13.6 Å². The highest BCUT2D eigenvalue weighted by Gasteiger charge is 2.15. The van der Waals surface area contributed by atoms with E-state index in [1.165, 1.54) is 12.1 Å². The number of rotatable bonds is 3. The third-order valence-corrected chi connectivity index (χ3v) is 3.72. The number of nitrogens with one attached hydrogen (secondary N) is 1. The zero-order chi connectivity index (χ0) is 14.8. The minimum absolute atomic E-state index is 0.111. The highest BCUT2D eigenvalue weighted by molar-refractivity contribution is 7.89. The van der Waals surface area contributed by atoms with E-state index in [4.69, 9.17) is 5.14 Å². The molecule has 2 rings (SSSR count). The first kappa shape index (κ1) is 14.2. The number of hydrogen-bond acceptors (Lipinski definition) is 3. The van der Waals surface area contributed by atoms with Crippen LogP contribution in [0.4, 0.5) is 5.69 Å². The van der Waals surface area contributed by atoms with Crippen LogP contribution in [-0.4, -0.2) is 14.3 Å². The second kappa shape index (κ2) is 5.44. The van der Waals surface area contributed by atoms with Crippen LogP contribution in [0.5, 0.6) is 0 Å². The largest absolute Gasteiger partial charge is 0.321 e. The first-order valence-corrected chi connectivity index (χ1v) is 7.42. The predicted molar refractivity (Wildman–Crippen MR) is 76.9 cm³/mol. The van der Waals surface area contributed by atoms with Crippen LogP contribution in [0.15, 0.2) is 53.4 Å². The number of para-hydroxylation sites is 1. The fraction of sp³-hybridized carbons (Fsp3) is 0.0714. The van der Waals surface area contributed by atoms with Crippen molar-refractivity contribution in [3.05, 3.63) is 59.7 Å². The molecule has 6 heteroatoms. The number of nitrogens with two attached hydrogens (primary N) is 1. The number of anilines is 1. The van der Waals surface area contributed by atoms with Crippen molar-refractivity contribution in [2.24, 2.45) is 5.14 Å². The molecule has 0 radical (unpaired) electrons. The molecule has 104 valence electrons. The van der Waals surface area contributed by atoms with E-state index in [0.29, 0.717) is 5.56 Å². The molecule has 0 heterocycles. The summed E-state index contributed by atoms with van der Waals surface area (Å²) in [6.07, 6.45) is 0. The Morgan fingerprint density at radius 2 is 1.65 bits per heavy atom. The Labute approximate surface area is 117 Å². The Bertz CT molecular complexity index is 737. The maximum atomic E-state index is 12.1. The summed E-state index contributed by atoms with van der Waals surface area (Å²) in [5.74, 6) is -0.388. The quantitative estimate of drug-likeness (QED) is 0.904. The molecule has 0 spiro atoms. The highest BCUT2D eigenvalue weighted by atomic mass is 32.2. The maximum Gasteiger partial charge on any atom is 0.255 e. The van der Waals surface area contributed by atoms with Crippen molar-refractivity contribution in [1.82, 2.24) is 0 Å². The summed E-state index contributed by atoms with van der Waals surface area (Å²) in [5.41, 5.74) is 1.65. The summed E-state index contributed by atoms with van der Waals surface area (Å²) in [5, 5.41) is 7.67. The Kier molecular flexibility index (Phi) is 3.87. The second-order valence-corrected chi connectivity index (χ2v) is 5.89. The number of carbonyl (C=O) groups excluding carboxylic acids is 1. The van der Waals surface area contributed by atoms with Gasteiger partial charge in [0.25, 0.3) is 5.91 Å². The van der Waals surface area contributed by atoms with E-state index in [1.54, 1.807) is 36.4 Å². The lowest BCUT2D eigenvalue weighted by Gasteiger charge is -2.09. The molecule has 0 atom stereocenters. The van der Waals surface area contributed by atoms with E-state index in [2.05, 4.69) is 5.32 Å². The first-order valence-electron chi connectivity index (χ1n) is 5.88. The number of primary sulfonamides is 1. The normalized spacial score (nSPS) is 11.1. The maximum absolute atomic E-state index is 12.1. The van der Waals surface area contributed by atoms with Gasteiger partial charge in [0.05, 0.1) is 5.69 Å². The van der Waals surface area contributed by atoms with Crippen LogP contribution in [0.1, 0.15) is 15.9 Å². The Hall–Kier alpha value is -2.18. The molecule has 0 aliphatic carbocycles. The van der Waals surface area contributed by atoms with Crippen LogP contribution in [0.3, 0.4) is 0 Å². The molecular weight excluding hydrogens is 276 g/mol. The van der Waals surface area contributed by atoms with Crippen molar-refractivity contribution in [2.75, 3.05) is 5.32 Å². The van der Waals surface area contributed by atoms with Gasteiger partial charge in [0.1, 0.15) is 4.90 Å². The molecule has 5 nitrogen and oxygen atoms in total. The van der Waals surface area contributed by atoms with Crippen LogP contribution in [0, 0.1) is 6.92 Å². The zero-order valence-electron chi connectivity index (χ0n) is 10.8. The van der Waals surface area contributed by atoms with E-state index in [9.17, 15) is 13.2 Å². The van der Waals surface area contributed by atoms with Gasteiger partial charge < -0.3 is 5.32 Å². The Balaban J connectivity index is 2.31. The minimum atomic E-state index is -3.88. The van der Waals surface area contributed by atoms with Crippen LogP contribution in [-0.2, 0) is 10.0 Å². The Morgan fingerprint density at radius 1 is 1.05 bits per heavy atom. The minimum Gasteiger partial charge on any atom is -0.321 e. The molecule has 0 fully saturated rings. The third kappa shape index (κ3) is 3.23. The van der Waals surface area contributed by atoms with Crippen LogP contribution in [0.25, 0.3) is 0 Å². The number of sulfonamides is 1. The van der Waals surface area contributed by atoms with Crippen molar-refractivity contribution in [1.29, 1.82) is 0 Å². The average Bonchev–Trinajstić information content (AvgIpc) is 2.38. The standard InChI is InChI=1S/C14H14N2O3S/c1-10-6-8-11(9-7-10)14(17)16-12-4-2-3-5-13(12)20(15,18)19/h2-9H,1H3,(H,16,17)(H2,15,18,19). The molecule has 2 aromatic carbocycles. The van der Waals surface area contributed by atoms with Crippen molar-refractivity contribution in [3.63, 3.8) is 0 Å². The topological polar surface area (TPSA) is 89.3 Å². The van der Waals surface area contributed by atoms with Crippen LogP contribution >= 0.6 is 0 Å². The summed E-state index contributed by atoms with van der Waals surface area (Å²) < 4.78 is 22.9. The predicted octanol–water partition coefficient (Wildman–Crippen LogP) is 1.89. The molecule has 0 saturated heterocycles. The number of benzene rings is 2. The third-order valence-electron chi connectivity index (χ3n) is 2.76. The average molecular weight is 290 g/mol. The van der Waals surface area contributed by atoms with E-state index in [-0.39, 0.29) is 16.5 Å². The van der Waals surface area contributed by atoms with E-state index in [0.717, 1.165) is 5.56 Å². The molecule has 0 aromatic heterocycles. The van der Waals surface area contributed by atoms with Crippen LogP contribution in [0.2, 0.25) is 0 Å². The van der Waals surface area contributed by atoms with E-state index in [1.807, 2.05) is 6.92 Å². The molecule has 0 bridgehead atoms. The SMILES string of the molecule is Cc1ccc(C(=O)Nc2ccccc2S(N)(=O)=O)cc1. The van der Waals surface area contributed by atoms with Crippen molar-refractivity contribution >= 4 is 21.6 Å². The molecule has 0 unspecified atom stereocenters. The monoisotopic (exact) mass is 290 g/mol. The van der Waals surface area contributed by atoms with Gasteiger partial charge in [0.15, 0.2) is 0 Å². The fourth-order valence-corrected chi connectivity index (χ4v) is 2.41. The second-order valence-electron chi connectivity index (χ2n) is 4.36. The highest BCUT2D eigenvalue weighted by Crippen LogP contribution is 2.20. The van der Waals surface area contributed by atoms with Gasteiger partial charge in [-0.15, -0.1) is 0 Å². The molecule has 0 aliphatic heterocycles. The van der Waals surface area contributed by atoms with E-state index >= 15 is 0 Å². The van der Waals surface area contributed by atoms with Gasteiger partial charge in [-0.1, -0.05) is 29.8 Å². The lowest BCUT2D eigenvalue weighted by molar-refractivity contribution is 0.102. The smallest absolute Gasteiger partial charge is 0.255 e. The number of aryl methyl sites for hydroxylation is 1. The van der Waals surface area contributed by atoms with Crippen molar-refractivity contribution in [3.8, 4) is 0 Å². The molecule has 1 amide bonds. The lowest BCUT2D eigenvalue weighted by atomic mass is 10.1. The number of amides is 1. The number of hydrogen-bond donors (Lipinski definition) is 2. The molecule has 2 aromatic rings. The molecular formula is C14H14N2O3S. The van der Waals surface area contributed by atoms with Gasteiger partial charge in [0.2, 0.25) is 10.0 Å². The summed E-state index contributed by atoms with van der Waals surface area (Å²) in [6.45, 7) is 1.91. The van der Waals surface area contributed by atoms with Gasteiger partial charge >= 0.3 is 0 Å². The number of carbonyl (C=O) groups is 1. The molecule has 0 saturated carbocycles. The Morgan fingerprint density at radius 3 is 2.25 bits per heavy atom. The zero-order valence-corrected chi connectivity index (χ0v) is 11.6. The van der Waals surface area contributed by atoms with Gasteiger partial charge in [-0.05, 0) is 31.2 Å². The lowest BCUT2D eigenvalue weighted by Crippen LogP contribution is -2.18. The summed E-state index contributed by atoms with van der Waals surface area (Å²) >= 11 is 0. The van der Waals surface area contributed by atoms with Gasteiger partial charge in [-0.2, -0.15) is 0 Å². The summed E-state index contributed by atoms with van der Waals surface area (Å²) in [4.78, 5) is 11.9. The van der Waals surface area contributed by atoms with Gasteiger partial charge in [0, 0.05) is 5.56 Å². The van der Waals surface area contributed by atoms with Crippen molar-refractivity contribution in [2.45, 2.75) is 11.8 Å². The molecule has 20 heavy (non-hydrogen) atoms. The van der Waals surface area contributed by atoms with Crippen molar-refractivity contribution < 1.29 is 13.2 Å². The molecule has 0 aliphatic rings.